The van der Waals surface area contributed by atoms with Gasteiger partial charge in [-0.1, -0.05) is 39.8 Å². The molecule has 0 aliphatic carbocycles. The highest BCUT2D eigenvalue weighted by molar-refractivity contribution is 9.10. The van der Waals surface area contributed by atoms with E-state index in [9.17, 15) is 0 Å². The number of nitrogens with zero attached hydrogens (tertiary/aromatic N) is 3. The van der Waals surface area contributed by atoms with Crippen LogP contribution in [-0.4, -0.2) is 21.4 Å². The number of halogens is 1. The van der Waals surface area contributed by atoms with Crippen LogP contribution >= 0.6 is 27.7 Å². The molecule has 0 aliphatic rings. The van der Waals surface area contributed by atoms with Crippen LogP contribution in [0.3, 0.4) is 0 Å². The zero-order valence-corrected chi connectivity index (χ0v) is 16.7. The summed E-state index contributed by atoms with van der Waals surface area (Å²) in [6.45, 7) is 5.60. The minimum absolute atomic E-state index is 0.668. The number of hydrogen-bond donors (Lipinski definition) is 0. The van der Waals surface area contributed by atoms with E-state index in [1.54, 1.807) is 11.8 Å². The average Bonchev–Trinajstić information content (AvgIpc) is 3.04. The first-order valence-corrected chi connectivity index (χ1v) is 10.0. The normalized spacial score (nSPS) is 10.8. The van der Waals surface area contributed by atoms with Crippen molar-refractivity contribution in [2.45, 2.75) is 31.3 Å². The lowest BCUT2D eigenvalue weighted by Gasteiger charge is -2.08. The molecule has 3 rings (SSSR count). The molecule has 1 aromatic heterocycles. The van der Waals surface area contributed by atoms with Crippen molar-refractivity contribution < 1.29 is 4.74 Å². The van der Waals surface area contributed by atoms with Gasteiger partial charge in [-0.05, 0) is 55.8 Å². The standard InChI is InChI=1S/C19H20BrN3OS/c1-3-23-18(15-8-10-17(11-9-15)24-4-2)21-22-19(23)25-13-14-6-5-7-16(20)12-14/h5-12H,3-4,13H2,1-2H3. The van der Waals surface area contributed by atoms with E-state index in [0.717, 1.165) is 39.1 Å². The van der Waals surface area contributed by atoms with Crippen LogP contribution < -0.4 is 4.74 Å². The zero-order chi connectivity index (χ0) is 17.6. The van der Waals surface area contributed by atoms with Gasteiger partial charge in [-0.25, -0.2) is 0 Å². The van der Waals surface area contributed by atoms with Crippen molar-refractivity contribution in [3.8, 4) is 17.1 Å². The van der Waals surface area contributed by atoms with E-state index in [2.05, 4.69) is 55.8 Å². The van der Waals surface area contributed by atoms with Gasteiger partial charge in [0.25, 0.3) is 0 Å². The van der Waals surface area contributed by atoms with Crippen molar-refractivity contribution in [1.29, 1.82) is 0 Å². The SMILES string of the molecule is CCOc1ccc(-c2nnc(SCc3cccc(Br)c3)n2CC)cc1. The lowest BCUT2D eigenvalue weighted by atomic mass is 10.2. The number of thioether (sulfide) groups is 1. The zero-order valence-electron chi connectivity index (χ0n) is 14.3. The largest absolute Gasteiger partial charge is 0.494 e. The maximum Gasteiger partial charge on any atom is 0.191 e. The molecule has 0 fully saturated rings. The summed E-state index contributed by atoms with van der Waals surface area (Å²) in [5, 5.41) is 9.73. The fourth-order valence-electron chi connectivity index (χ4n) is 2.54. The Labute approximate surface area is 160 Å². The van der Waals surface area contributed by atoms with E-state index in [1.165, 1.54) is 5.56 Å². The van der Waals surface area contributed by atoms with Gasteiger partial charge in [0.2, 0.25) is 0 Å². The Morgan fingerprint density at radius 3 is 2.56 bits per heavy atom. The molecule has 0 atom stereocenters. The van der Waals surface area contributed by atoms with Crippen molar-refractivity contribution in [3.63, 3.8) is 0 Å². The second-order valence-electron chi connectivity index (χ2n) is 5.43. The van der Waals surface area contributed by atoms with Crippen LogP contribution in [0.4, 0.5) is 0 Å². The van der Waals surface area contributed by atoms with E-state index >= 15 is 0 Å². The van der Waals surface area contributed by atoms with Crippen LogP contribution in [0.25, 0.3) is 11.4 Å². The maximum absolute atomic E-state index is 5.50. The molecule has 0 amide bonds. The predicted molar refractivity (Wildman–Crippen MR) is 106 cm³/mol. The molecule has 0 saturated heterocycles. The molecule has 0 saturated carbocycles. The Kier molecular flexibility index (Phi) is 6.15. The third-order valence-corrected chi connectivity index (χ3v) is 5.24. The van der Waals surface area contributed by atoms with Gasteiger partial charge in [-0.3, -0.25) is 0 Å². The van der Waals surface area contributed by atoms with Gasteiger partial charge in [0.1, 0.15) is 5.75 Å². The lowest BCUT2D eigenvalue weighted by molar-refractivity contribution is 0.340. The van der Waals surface area contributed by atoms with Crippen molar-refractivity contribution in [1.82, 2.24) is 14.8 Å². The molecule has 130 valence electrons. The first-order chi connectivity index (χ1) is 12.2. The van der Waals surface area contributed by atoms with Gasteiger partial charge in [-0.2, -0.15) is 0 Å². The molecule has 0 unspecified atom stereocenters. The molecule has 0 spiro atoms. The maximum atomic E-state index is 5.50. The van der Waals surface area contributed by atoms with Gasteiger partial charge in [0, 0.05) is 22.3 Å². The number of hydrogen-bond acceptors (Lipinski definition) is 4. The van der Waals surface area contributed by atoms with Crippen LogP contribution in [-0.2, 0) is 12.3 Å². The summed E-state index contributed by atoms with van der Waals surface area (Å²) >= 11 is 5.22. The van der Waals surface area contributed by atoms with Gasteiger partial charge in [-0.15, -0.1) is 10.2 Å². The molecule has 1 heterocycles. The Morgan fingerprint density at radius 2 is 1.88 bits per heavy atom. The smallest absolute Gasteiger partial charge is 0.191 e. The van der Waals surface area contributed by atoms with E-state index < -0.39 is 0 Å². The van der Waals surface area contributed by atoms with Gasteiger partial charge >= 0.3 is 0 Å². The summed E-state index contributed by atoms with van der Waals surface area (Å²) in [6, 6.07) is 16.4. The van der Waals surface area contributed by atoms with Gasteiger partial charge in [0.15, 0.2) is 11.0 Å². The third kappa shape index (κ3) is 4.44. The number of aromatic nitrogens is 3. The van der Waals surface area contributed by atoms with Crippen molar-refractivity contribution >= 4 is 27.7 Å². The average molecular weight is 418 g/mol. The van der Waals surface area contributed by atoms with E-state index in [0.29, 0.717) is 6.61 Å². The molecular weight excluding hydrogens is 398 g/mol. The van der Waals surface area contributed by atoms with Gasteiger partial charge in [0.05, 0.1) is 6.61 Å². The lowest BCUT2D eigenvalue weighted by Crippen LogP contribution is -2.00. The minimum Gasteiger partial charge on any atom is -0.494 e. The predicted octanol–water partition coefficient (Wildman–Crippen LogP) is 5.42. The van der Waals surface area contributed by atoms with Crippen molar-refractivity contribution in [2.24, 2.45) is 0 Å². The van der Waals surface area contributed by atoms with E-state index in [-0.39, 0.29) is 0 Å². The first-order valence-electron chi connectivity index (χ1n) is 8.25. The molecule has 0 bridgehead atoms. The molecule has 6 heteroatoms. The second kappa shape index (κ2) is 8.54. The van der Waals surface area contributed by atoms with Crippen LogP contribution in [0.5, 0.6) is 5.75 Å². The van der Waals surface area contributed by atoms with Gasteiger partial charge < -0.3 is 9.30 Å². The summed E-state index contributed by atoms with van der Waals surface area (Å²) in [4.78, 5) is 0. The highest BCUT2D eigenvalue weighted by atomic mass is 79.9. The van der Waals surface area contributed by atoms with E-state index in [1.807, 2.05) is 37.3 Å². The van der Waals surface area contributed by atoms with Crippen molar-refractivity contribution in [3.05, 3.63) is 58.6 Å². The number of rotatable bonds is 7. The molecular formula is C19H20BrN3OS. The quantitative estimate of drug-likeness (QED) is 0.481. The number of benzene rings is 2. The fourth-order valence-corrected chi connectivity index (χ4v) is 3.93. The summed E-state index contributed by atoms with van der Waals surface area (Å²) in [5.41, 5.74) is 2.31. The summed E-state index contributed by atoms with van der Waals surface area (Å²) < 4.78 is 8.75. The molecule has 0 radical (unpaired) electrons. The number of ether oxygens (including phenoxy) is 1. The highest BCUT2D eigenvalue weighted by Gasteiger charge is 2.13. The topological polar surface area (TPSA) is 39.9 Å². The molecule has 3 aromatic rings. The summed E-state index contributed by atoms with van der Waals surface area (Å²) in [6.07, 6.45) is 0. The Balaban J connectivity index is 1.78. The Morgan fingerprint density at radius 1 is 1.08 bits per heavy atom. The molecule has 2 aromatic carbocycles. The highest BCUT2D eigenvalue weighted by Crippen LogP contribution is 2.28. The molecule has 4 nitrogen and oxygen atoms in total. The van der Waals surface area contributed by atoms with E-state index in [4.69, 9.17) is 4.74 Å². The minimum atomic E-state index is 0.668. The monoisotopic (exact) mass is 417 g/mol. The summed E-state index contributed by atoms with van der Waals surface area (Å²) in [5.74, 6) is 2.63. The molecule has 0 aliphatic heterocycles. The third-order valence-electron chi connectivity index (χ3n) is 3.71. The van der Waals surface area contributed by atoms with Crippen LogP contribution in [0.15, 0.2) is 58.2 Å². The summed E-state index contributed by atoms with van der Waals surface area (Å²) in [7, 11) is 0. The van der Waals surface area contributed by atoms with Crippen LogP contribution in [0, 0.1) is 0 Å². The Bertz CT molecular complexity index is 833. The second-order valence-corrected chi connectivity index (χ2v) is 7.28. The van der Waals surface area contributed by atoms with Crippen LogP contribution in [0.1, 0.15) is 19.4 Å². The fraction of sp³-hybridized carbons (Fsp3) is 0.263. The van der Waals surface area contributed by atoms with Crippen LogP contribution in [0.2, 0.25) is 0 Å². The van der Waals surface area contributed by atoms with Crippen molar-refractivity contribution in [2.75, 3.05) is 6.61 Å². The molecule has 0 N–H and O–H groups in total. The first kappa shape index (κ1) is 18.0. The Hall–Kier alpha value is -1.79. The molecule has 25 heavy (non-hydrogen) atoms.